The third-order valence-corrected chi connectivity index (χ3v) is 2.13. The second-order valence-electron chi connectivity index (χ2n) is 3.23. The van der Waals surface area contributed by atoms with E-state index in [1.165, 1.54) is 6.21 Å². The van der Waals surface area contributed by atoms with Crippen molar-refractivity contribution in [1.82, 2.24) is 0 Å². The van der Waals surface area contributed by atoms with E-state index in [4.69, 9.17) is 5.11 Å². The van der Waals surface area contributed by atoms with Crippen LogP contribution in [0.2, 0.25) is 0 Å². The molecule has 0 radical (unpaired) electrons. The Balaban J connectivity index is 2.34. The fourth-order valence-electron chi connectivity index (χ4n) is 1.45. The zero-order valence-electron chi connectivity index (χ0n) is 7.75. The van der Waals surface area contributed by atoms with Gasteiger partial charge in [-0.2, -0.15) is 0 Å². The molecule has 5 nitrogen and oxygen atoms in total. The first kappa shape index (κ1) is 9.73. The molecule has 0 atom stereocenters. The molecule has 1 aromatic carbocycles. The van der Waals surface area contributed by atoms with Crippen LogP contribution < -0.4 is 5.46 Å². The van der Waals surface area contributed by atoms with Gasteiger partial charge in [-0.1, -0.05) is 12.1 Å². The van der Waals surface area contributed by atoms with E-state index in [0.717, 1.165) is 0 Å². The van der Waals surface area contributed by atoms with Gasteiger partial charge in [-0.15, -0.1) is 5.16 Å². The Hall–Kier alpha value is -1.82. The molecule has 15 heavy (non-hydrogen) atoms. The Morgan fingerprint density at radius 3 is 3.07 bits per heavy atom. The van der Waals surface area contributed by atoms with Crippen LogP contribution in [-0.4, -0.2) is 29.4 Å². The van der Waals surface area contributed by atoms with E-state index in [0.29, 0.717) is 16.6 Å². The lowest BCUT2D eigenvalue weighted by atomic mass is 9.75. The van der Waals surface area contributed by atoms with Gasteiger partial charge in [0.2, 0.25) is 0 Å². The van der Waals surface area contributed by atoms with Gasteiger partial charge in [0.05, 0.1) is 12.6 Å². The van der Waals surface area contributed by atoms with Crippen molar-refractivity contribution >= 4 is 24.8 Å². The van der Waals surface area contributed by atoms with Gasteiger partial charge in [-0.25, -0.2) is 0 Å². The molecule has 0 aliphatic carbocycles. The quantitative estimate of drug-likeness (QED) is 0.629. The summed E-state index contributed by atoms with van der Waals surface area (Å²) < 4.78 is 4.63. The van der Waals surface area contributed by atoms with Crippen LogP contribution >= 0.6 is 0 Å². The van der Waals surface area contributed by atoms with Crippen LogP contribution in [0.1, 0.15) is 11.1 Å². The van der Waals surface area contributed by atoms with Crippen molar-refractivity contribution in [2.75, 3.05) is 0 Å². The summed E-state index contributed by atoms with van der Waals surface area (Å²) in [4.78, 5) is 10.5. The summed E-state index contributed by atoms with van der Waals surface area (Å²) in [5.41, 5.74) is 1.95. The lowest BCUT2D eigenvalue weighted by molar-refractivity contribution is -0.136. The average Bonchev–Trinajstić information content (AvgIpc) is 2.17. The topological polar surface area (TPSA) is 79.1 Å². The van der Waals surface area contributed by atoms with Gasteiger partial charge in [-0.05, 0) is 17.2 Å². The van der Waals surface area contributed by atoms with Crippen molar-refractivity contribution in [2.45, 2.75) is 6.42 Å². The van der Waals surface area contributed by atoms with Crippen molar-refractivity contribution in [3.63, 3.8) is 0 Å². The second kappa shape index (κ2) is 3.74. The molecule has 0 spiro atoms. The summed E-state index contributed by atoms with van der Waals surface area (Å²) >= 11 is 0. The number of hydrogen-bond acceptors (Lipinski definition) is 4. The molecular formula is C9H8BNO4. The van der Waals surface area contributed by atoms with Crippen molar-refractivity contribution in [2.24, 2.45) is 5.16 Å². The molecule has 0 amide bonds. The van der Waals surface area contributed by atoms with Crippen LogP contribution in [-0.2, 0) is 16.0 Å². The van der Waals surface area contributed by atoms with E-state index in [9.17, 15) is 9.82 Å². The fourth-order valence-corrected chi connectivity index (χ4v) is 1.45. The molecule has 0 saturated heterocycles. The molecular weight excluding hydrogens is 197 g/mol. The summed E-state index contributed by atoms with van der Waals surface area (Å²) in [6, 6.07) is 4.97. The number of aliphatic carboxylic acids is 1. The number of carbonyl (C=O) groups is 1. The van der Waals surface area contributed by atoms with E-state index in [1.807, 2.05) is 0 Å². The Morgan fingerprint density at radius 1 is 1.53 bits per heavy atom. The van der Waals surface area contributed by atoms with Gasteiger partial charge in [0.15, 0.2) is 0 Å². The van der Waals surface area contributed by atoms with Crippen LogP contribution in [0.5, 0.6) is 0 Å². The predicted octanol–water partition coefficient (Wildman–Crippen LogP) is -0.635. The first-order valence-electron chi connectivity index (χ1n) is 4.38. The minimum Gasteiger partial charge on any atom is -0.481 e. The third-order valence-electron chi connectivity index (χ3n) is 2.13. The Labute approximate surface area is 86.1 Å². The maximum Gasteiger partial charge on any atom is 0.583 e. The lowest BCUT2D eigenvalue weighted by Crippen LogP contribution is -2.37. The van der Waals surface area contributed by atoms with Crippen molar-refractivity contribution < 1.29 is 19.7 Å². The number of fused-ring (bicyclic) bond motifs is 1. The number of nitrogens with zero attached hydrogens (tertiary/aromatic N) is 1. The van der Waals surface area contributed by atoms with Gasteiger partial charge in [0, 0.05) is 5.46 Å². The maximum absolute atomic E-state index is 10.5. The molecule has 2 rings (SSSR count). The van der Waals surface area contributed by atoms with Gasteiger partial charge < -0.3 is 14.9 Å². The zero-order valence-corrected chi connectivity index (χ0v) is 7.75. The second-order valence-corrected chi connectivity index (χ2v) is 3.23. The van der Waals surface area contributed by atoms with Gasteiger partial charge >= 0.3 is 13.1 Å². The third kappa shape index (κ3) is 1.99. The van der Waals surface area contributed by atoms with E-state index in [2.05, 4.69) is 9.91 Å². The minimum absolute atomic E-state index is 0.0436. The van der Waals surface area contributed by atoms with Gasteiger partial charge in [0.1, 0.15) is 0 Å². The number of benzene rings is 1. The summed E-state index contributed by atoms with van der Waals surface area (Å²) in [5, 5.41) is 21.5. The maximum atomic E-state index is 10.5. The molecule has 0 unspecified atom stereocenters. The molecule has 0 bridgehead atoms. The molecule has 1 heterocycles. The van der Waals surface area contributed by atoms with Crippen molar-refractivity contribution in [3.8, 4) is 0 Å². The van der Waals surface area contributed by atoms with Gasteiger partial charge in [0.25, 0.3) is 0 Å². The molecule has 1 aromatic rings. The molecule has 0 aromatic heterocycles. The largest absolute Gasteiger partial charge is 0.583 e. The van der Waals surface area contributed by atoms with Crippen LogP contribution in [0.4, 0.5) is 0 Å². The molecule has 0 saturated carbocycles. The van der Waals surface area contributed by atoms with E-state index >= 15 is 0 Å². The summed E-state index contributed by atoms with van der Waals surface area (Å²) in [6.45, 7) is 0. The highest BCUT2D eigenvalue weighted by Gasteiger charge is 2.24. The highest BCUT2D eigenvalue weighted by atomic mass is 16.6. The van der Waals surface area contributed by atoms with Crippen LogP contribution in [0.25, 0.3) is 0 Å². The lowest BCUT2D eigenvalue weighted by Gasteiger charge is -2.13. The zero-order chi connectivity index (χ0) is 10.8. The summed E-state index contributed by atoms with van der Waals surface area (Å²) in [7, 11) is -1.07. The average molecular weight is 205 g/mol. The molecule has 2 N–H and O–H groups in total. The Bertz CT molecular complexity index is 432. The van der Waals surface area contributed by atoms with Gasteiger partial charge in [-0.3, -0.25) is 4.79 Å². The number of carboxylic acid groups (broad SMARTS) is 1. The molecule has 6 heteroatoms. The van der Waals surface area contributed by atoms with E-state index < -0.39 is 13.1 Å². The van der Waals surface area contributed by atoms with Crippen molar-refractivity contribution in [1.29, 1.82) is 0 Å². The highest BCUT2D eigenvalue weighted by molar-refractivity contribution is 6.62. The number of carboxylic acids is 1. The van der Waals surface area contributed by atoms with Crippen LogP contribution in [0, 0.1) is 0 Å². The SMILES string of the molecule is O=C(O)Cc1ccc2c(c1)C=NOB2O. The highest BCUT2D eigenvalue weighted by Crippen LogP contribution is 2.07. The van der Waals surface area contributed by atoms with Crippen LogP contribution in [0.15, 0.2) is 23.4 Å². The molecule has 1 aliphatic rings. The fraction of sp³-hybridized carbons (Fsp3) is 0.111. The standard InChI is InChI=1S/C9H8BNO4/c12-9(13)4-6-1-2-8-7(3-6)5-11-15-10(8)14/h1-3,5,14H,4H2,(H,12,13). The first-order valence-corrected chi connectivity index (χ1v) is 4.38. The smallest absolute Gasteiger partial charge is 0.481 e. The monoisotopic (exact) mass is 205 g/mol. The normalized spacial score (nSPS) is 13.3. The Kier molecular flexibility index (Phi) is 2.43. The molecule has 76 valence electrons. The molecule has 0 fully saturated rings. The summed E-state index contributed by atoms with van der Waals surface area (Å²) in [5.74, 6) is -0.889. The first-order chi connectivity index (χ1) is 7.16. The minimum atomic E-state index is -1.07. The Morgan fingerprint density at radius 2 is 2.33 bits per heavy atom. The number of rotatable bonds is 2. The summed E-state index contributed by atoms with van der Waals surface area (Å²) in [6.07, 6.45) is 1.41. The molecule has 1 aliphatic heterocycles. The van der Waals surface area contributed by atoms with E-state index in [1.54, 1.807) is 18.2 Å². The van der Waals surface area contributed by atoms with Crippen LogP contribution in [0.3, 0.4) is 0 Å². The van der Waals surface area contributed by atoms with Crippen molar-refractivity contribution in [3.05, 3.63) is 29.3 Å². The van der Waals surface area contributed by atoms with E-state index in [-0.39, 0.29) is 6.42 Å². The predicted molar refractivity (Wildman–Crippen MR) is 54.1 cm³/mol. The number of hydrogen-bond donors (Lipinski definition) is 2. The number of oxime groups is 1.